The zero-order valence-electron chi connectivity index (χ0n) is 25.1. The second-order valence-electron chi connectivity index (χ2n) is 11.9. The van der Waals surface area contributed by atoms with Gasteiger partial charge in [-0.2, -0.15) is 31.3 Å². The number of ether oxygens (including phenoxy) is 1. The average Bonchev–Trinajstić information content (AvgIpc) is 3.54. The maximum Gasteiger partial charge on any atom is 0.416 e. The van der Waals surface area contributed by atoms with Crippen molar-refractivity contribution >= 4 is 23.0 Å². The lowest BCUT2D eigenvalue weighted by Crippen LogP contribution is -2.40. The van der Waals surface area contributed by atoms with Gasteiger partial charge in [-0.15, -0.1) is 0 Å². The first-order valence-corrected chi connectivity index (χ1v) is 14.8. The van der Waals surface area contributed by atoms with Crippen LogP contribution in [0.15, 0.2) is 24.3 Å². The van der Waals surface area contributed by atoms with Gasteiger partial charge in [-0.1, -0.05) is 12.1 Å². The number of benzene rings is 1. The molecule has 2 N–H and O–H groups in total. The maximum absolute atomic E-state index is 13.9. The van der Waals surface area contributed by atoms with Crippen LogP contribution >= 0.6 is 0 Å². The van der Waals surface area contributed by atoms with E-state index in [-0.39, 0.29) is 65.9 Å². The summed E-state index contributed by atoms with van der Waals surface area (Å²) in [4.78, 5) is 33.6. The lowest BCUT2D eigenvalue weighted by Gasteiger charge is -2.30. The van der Waals surface area contributed by atoms with Gasteiger partial charge in [-0.3, -0.25) is 9.59 Å². The number of carbonyl (C=O) groups is 2. The first-order valence-electron chi connectivity index (χ1n) is 14.8. The lowest BCUT2D eigenvalue weighted by atomic mass is 9.85. The average molecular weight is 698 g/mol. The smallest absolute Gasteiger partial charge is 0.416 e. The first kappa shape index (κ1) is 35.2. The number of aromatic nitrogens is 3. The molecule has 2 amide bonds. The minimum absolute atomic E-state index is 0.00430. The van der Waals surface area contributed by atoms with Crippen molar-refractivity contribution in [2.24, 2.45) is 18.9 Å². The number of fused-ring (bicyclic) bond motifs is 1. The molecule has 8 nitrogen and oxygen atoms in total. The lowest BCUT2D eigenvalue weighted by molar-refractivity contribution is -0.182. The molecular weight excluding hydrogens is 668 g/mol. The van der Waals surface area contributed by atoms with E-state index >= 15 is 0 Å². The summed E-state index contributed by atoms with van der Waals surface area (Å²) < 4.78 is 140. The Morgan fingerprint density at radius 3 is 2.29 bits per heavy atom. The van der Waals surface area contributed by atoms with Crippen LogP contribution in [0.5, 0.6) is 5.88 Å². The van der Waals surface area contributed by atoms with Gasteiger partial charge in [0.1, 0.15) is 22.8 Å². The predicted molar refractivity (Wildman–Crippen MR) is 148 cm³/mol. The fraction of sp³-hybridized carbons (Fsp3) is 0.533. The summed E-state index contributed by atoms with van der Waals surface area (Å²) in [5.41, 5.74) is -1.51. The monoisotopic (exact) mass is 697 g/mol. The Labute approximate surface area is 266 Å². The van der Waals surface area contributed by atoms with Gasteiger partial charge >= 0.3 is 12.4 Å². The van der Waals surface area contributed by atoms with Crippen molar-refractivity contribution in [2.45, 2.75) is 75.8 Å². The molecule has 5 rings (SSSR count). The molecule has 2 aliphatic carbocycles. The molecule has 48 heavy (non-hydrogen) atoms. The molecule has 2 saturated carbocycles. The topological polar surface area (TPSA) is 98.1 Å². The largest absolute Gasteiger partial charge is 0.471 e. The van der Waals surface area contributed by atoms with Gasteiger partial charge in [0.2, 0.25) is 11.8 Å². The Hall–Kier alpha value is -4.12. The van der Waals surface area contributed by atoms with Gasteiger partial charge in [0.15, 0.2) is 12.3 Å². The standard InChI is InChI=1S/C30H29F10N5O3/c1-45-23(9-15-8-14(2-7-19(15)30(38,39)40)12-41-26(47)20-11-28(20,33)34)43-21-10-18(27(44-24(21)45)48-13-22(31)32)25(46)42-17-5-3-16(4-6-17)29(35,36)37/h2,7-8,10,16-17,20,22H,3-6,9,11-13H2,1H3,(H,41,47)(H,42,46). The number of imidazole rings is 1. The molecule has 2 aliphatic rings. The second-order valence-corrected chi connectivity index (χ2v) is 11.9. The molecule has 0 aliphatic heterocycles. The molecule has 2 aromatic heterocycles. The minimum atomic E-state index is -4.81. The highest BCUT2D eigenvalue weighted by molar-refractivity contribution is 5.99. The Balaban J connectivity index is 1.41. The highest BCUT2D eigenvalue weighted by Gasteiger charge is 2.61. The summed E-state index contributed by atoms with van der Waals surface area (Å²) in [5.74, 6) is -8.45. The molecule has 0 spiro atoms. The fourth-order valence-electron chi connectivity index (χ4n) is 5.70. The van der Waals surface area contributed by atoms with Crippen molar-refractivity contribution < 1.29 is 58.2 Å². The molecule has 0 radical (unpaired) electrons. The van der Waals surface area contributed by atoms with E-state index in [2.05, 4.69) is 20.6 Å². The normalized spacial score (nSPS) is 21.0. The molecule has 2 heterocycles. The van der Waals surface area contributed by atoms with Gasteiger partial charge in [0, 0.05) is 32.5 Å². The molecule has 18 heteroatoms. The van der Waals surface area contributed by atoms with E-state index in [4.69, 9.17) is 4.74 Å². The number of halogens is 10. The number of aryl methyl sites for hydroxylation is 1. The molecule has 0 saturated heterocycles. The first-order chi connectivity index (χ1) is 22.3. The van der Waals surface area contributed by atoms with E-state index in [1.165, 1.54) is 11.6 Å². The number of nitrogens with zero attached hydrogens (tertiary/aromatic N) is 3. The molecular formula is C30H29F10N5O3. The van der Waals surface area contributed by atoms with Gasteiger partial charge in [0.05, 0.1) is 11.5 Å². The van der Waals surface area contributed by atoms with E-state index < -0.39 is 85.3 Å². The minimum Gasteiger partial charge on any atom is -0.471 e. The van der Waals surface area contributed by atoms with Gasteiger partial charge in [-0.25, -0.2) is 22.5 Å². The zero-order valence-corrected chi connectivity index (χ0v) is 25.1. The number of pyridine rings is 1. The third-order valence-corrected chi connectivity index (χ3v) is 8.45. The van der Waals surface area contributed by atoms with Gasteiger partial charge in [0.25, 0.3) is 18.3 Å². The van der Waals surface area contributed by atoms with Crippen molar-refractivity contribution in [2.75, 3.05) is 6.61 Å². The van der Waals surface area contributed by atoms with Crippen LogP contribution in [0.4, 0.5) is 43.9 Å². The molecule has 0 bridgehead atoms. The van der Waals surface area contributed by atoms with Crippen LogP contribution in [0, 0.1) is 11.8 Å². The van der Waals surface area contributed by atoms with E-state index in [0.717, 1.165) is 24.3 Å². The van der Waals surface area contributed by atoms with E-state index in [1.807, 2.05) is 0 Å². The van der Waals surface area contributed by atoms with Crippen LogP contribution < -0.4 is 15.4 Å². The molecule has 2 fully saturated rings. The number of hydrogen-bond donors (Lipinski definition) is 2. The molecule has 1 aromatic carbocycles. The van der Waals surface area contributed by atoms with Crippen molar-refractivity contribution in [1.82, 2.24) is 25.2 Å². The summed E-state index contributed by atoms with van der Waals surface area (Å²) in [6.07, 6.45) is -13.6. The predicted octanol–water partition coefficient (Wildman–Crippen LogP) is 6.34. The van der Waals surface area contributed by atoms with Crippen LogP contribution in [-0.2, 0) is 31.0 Å². The summed E-state index contributed by atoms with van der Waals surface area (Å²) >= 11 is 0. The van der Waals surface area contributed by atoms with E-state index in [1.54, 1.807) is 0 Å². The van der Waals surface area contributed by atoms with Crippen LogP contribution in [0.3, 0.4) is 0 Å². The number of amides is 2. The summed E-state index contributed by atoms with van der Waals surface area (Å²) in [5, 5.41) is 4.87. The molecule has 262 valence electrons. The molecule has 1 unspecified atom stereocenters. The Morgan fingerprint density at radius 2 is 1.71 bits per heavy atom. The van der Waals surface area contributed by atoms with Crippen molar-refractivity contribution in [3.8, 4) is 5.88 Å². The van der Waals surface area contributed by atoms with Crippen molar-refractivity contribution in [3.63, 3.8) is 0 Å². The third-order valence-electron chi connectivity index (χ3n) is 8.45. The van der Waals surface area contributed by atoms with E-state index in [0.29, 0.717) is 0 Å². The SMILES string of the molecule is Cn1c(Cc2cc(CNC(=O)C3CC3(F)F)ccc2C(F)(F)F)nc2cc(C(=O)NC3CCC(C(F)(F)F)CC3)c(OCC(F)F)nc21. The van der Waals surface area contributed by atoms with Crippen molar-refractivity contribution in [3.05, 3.63) is 52.3 Å². The second kappa shape index (κ2) is 13.1. The highest BCUT2D eigenvalue weighted by atomic mass is 19.4. The Kier molecular flexibility index (Phi) is 9.58. The Bertz CT molecular complexity index is 1680. The molecule has 3 aromatic rings. The van der Waals surface area contributed by atoms with Crippen LogP contribution in [0.1, 0.15) is 65.0 Å². The number of alkyl halides is 10. The fourth-order valence-corrected chi connectivity index (χ4v) is 5.70. The summed E-state index contributed by atoms with van der Waals surface area (Å²) in [6.45, 7) is -1.47. The van der Waals surface area contributed by atoms with E-state index in [9.17, 15) is 53.5 Å². The highest BCUT2D eigenvalue weighted by Crippen LogP contribution is 2.48. The van der Waals surface area contributed by atoms with Gasteiger partial charge in [-0.05, 0) is 48.9 Å². The summed E-state index contributed by atoms with van der Waals surface area (Å²) in [7, 11) is 1.39. The van der Waals surface area contributed by atoms with Crippen molar-refractivity contribution in [1.29, 1.82) is 0 Å². The van der Waals surface area contributed by atoms with Crippen LogP contribution in [0.2, 0.25) is 0 Å². The zero-order chi connectivity index (χ0) is 35.2. The number of carbonyl (C=O) groups excluding carboxylic acids is 2. The number of rotatable bonds is 10. The Morgan fingerprint density at radius 1 is 1.04 bits per heavy atom. The van der Waals surface area contributed by atoms with Crippen LogP contribution in [0.25, 0.3) is 11.2 Å². The summed E-state index contributed by atoms with van der Waals surface area (Å²) in [6, 6.07) is 3.52. The third kappa shape index (κ3) is 7.94. The molecule has 1 atom stereocenters. The quantitative estimate of drug-likeness (QED) is 0.241. The van der Waals surface area contributed by atoms with Crippen LogP contribution in [-0.4, -0.2) is 57.5 Å². The van der Waals surface area contributed by atoms with Gasteiger partial charge < -0.3 is 19.9 Å². The number of nitrogens with one attached hydrogen (secondary N) is 2. The maximum atomic E-state index is 13.9. The number of hydrogen-bond acceptors (Lipinski definition) is 5.